The van der Waals surface area contributed by atoms with Gasteiger partial charge in [-0.1, -0.05) is 42.5 Å². The number of carbonyl (C=O) groups is 1. The van der Waals surface area contributed by atoms with Gasteiger partial charge in [0.25, 0.3) is 5.91 Å². The van der Waals surface area contributed by atoms with Crippen molar-refractivity contribution < 1.29 is 14.6 Å². The second-order valence-corrected chi connectivity index (χ2v) is 6.36. The fraction of sp³-hybridized carbons (Fsp3) is 0.238. The molecule has 0 bridgehead atoms. The summed E-state index contributed by atoms with van der Waals surface area (Å²) in [5.41, 5.74) is 7.62. The first-order chi connectivity index (χ1) is 13.1. The molecule has 0 aliphatic heterocycles. The third-order valence-corrected chi connectivity index (χ3v) is 4.20. The number of carbonyl (C=O) groups excluding carboxylic acids is 1. The molecule has 0 fully saturated rings. The standard InChI is InChI=1S/C21H23N3O3/c22-21(26)20-14-24(15-23-20)13-18(25)9-5-11-27-19-10-4-8-17(12-19)16-6-2-1-3-7-16/h1-4,6-8,10,12,14-15,18,25H,5,9,11,13H2,(H2,22,26). The molecule has 1 amide bonds. The summed E-state index contributed by atoms with van der Waals surface area (Å²) in [6.07, 6.45) is 3.79. The van der Waals surface area contributed by atoms with E-state index in [-0.39, 0.29) is 5.69 Å². The van der Waals surface area contributed by atoms with Crippen LogP contribution in [0.5, 0.6) is 5.75 Å². The average molecular weight is 365 g/mol. The molecule has 1 unspecified atom stereocenters. The van der Waals surface area contributed by atoms with E-state index in [1.54, 1.807) is 4.57 Å². The normalized spacial score (nSPS) is 11.9. The molecule has 6 nitrogen and oxygen atoms in total. The molecule has 27 heavy (non-hydrogen) atoms. The maximum absolute atomic E-state index is 11.0. The number of hydrogen-bond donors (Lipinski definition) is 2. The van der Waals surface area contributed by atoms with Crippen LogP contribution in [0.15, 0.2) is 67.1 Å². The second-order valence-electron chi connectivity index (χ2n) is 6.36. The second kappa shape index (κ2) is 9.00. The van der Waals surface area contributed by atoms with Gasteiger partial charge in [-0.2, -0.15) is 0 Å². The number of nitrogens with two attached hydrogens (primary N) is 1. The third-order valence-electron chi connectivity index (χ3n) is 4.20. The maximum Gasteiger partial charge on any atom is 0.268 e. The number of hydrogen-bond acceptors (Lipinski definition) is 4. The van der Waals surface area contributed by atoms with Gasteiger partial charge in [-0.25, -0.2) is 4.98 Å². The Morgan fingerprint density at radius 1 is 1.15 bits per heavy atom. The van der Waals surface area contributed by atoms with Gasteiger partial charge in [0, 0.05) is 12.7 Å². The Labute approximate surface area is 158 Å². The lowest BCUT2D eigenvalue weighted by Crippen LogP contribution is -2.16. The molecule has 3 rings (SSSR count). The molecule has 1 heterocycles. The van der Waals surface area contributed by atoms with E-state index in [2.05, 4.69) is 23.2 Å². The van der Waals surface area contributed by atoms with E-state index >= 15 is 0 Å². The van der Waals surface area contributed by atoms with Crippen molar-refractivity contribution in [1.29, 1.82) is 0 Å². The molecule has 0 aliphatic carbocycles. The average Bonchev–Trinajstić information content (AvgIpc) is 3.15. The van der Waals surface area contributed by atoms with Crippen LogP contribution in [0.3, 0.4) is 0 Å². The zero-order valence-corrected chi connectivity index (χ0v) is 15.0. The highest BCUT2D eigenvalue weighted by Gasteiger charge is 2.09. The van der Waals surface area contributed by atoms with Gasteiger partial charge in [0.1, 0.15) is 11.4 Å². The minimum atomic E-state index is -0.575. The van der Waals surface area contributed by atoms with E-state index in [4.69, 9.17) is 10.5 Å². The van der Waals surface area contributed by atoms with Crippen LogP contribution in [0, 0.1) is 0 Å². The highest BCUT2D eigenvalue weighted by molar-refractivity contribution is 5.90. The summed E-state index contributed by atoms with van der Waals surface area (Å²) in [6.45, 7) is 0.884. The Morgan fingerprint density at radius 2 is 1.93 bits per heavy atom. The predicted molar refractivity (Wildman–Crippen MR) is 103 cm³/mol. The van der Waals surface area contributed by atoms with Crippen molar-refractivity contribution in [1.82, 2.24) is 9.55 Å². The fourth-order valence-electron chi connectivity index (χ4n) is 2.83. The van der Waals surface area contributed by atoms with Crippen LogP contribution in [0.4, 0.5) is 0 Å². The number of rotatable bonds is 9. The quantitative estimate of drug-likeness (QED) is 0.571. The van der Waals surface area contributed by atoms with Gasteiger partial charge in [-0.15, -0.1) is 0 Å². The van der Waals surface area contributed by atoms with E-state index in [0.29, 0.717) is 26.0 Å². The van der Waals surface area contributed by atoms with E-state index in [9.17, 15) is 9.90 Å². The summed E-state index contributed by atoms with van der Waals surface area (Å²) >= 11 is 0. The Morgan fingerprint density at radius 3 is 2.67 bits per heavy atom. The number of aliphatic hydroxyl groups is 1. The molecule has 140 valence electrons. The summed E-state index contributed by atoms with van der Waals surface area (Å²) in [4.78, 5) is 14.9. The van der Waals surface area contributed by atoms with Crippen LogP contribution >= 0.6 is 0 Å². The maximum atomic E-state index is 11.0. The first-order valence-electron chi connectivity index (χ1n) is 8.90. The number of aliphatic hydroxyl groups excluding tert-OH is 1. The first kappa shape index (κ1) is 18.7. The number of benzene rings is 2. The van der Waals surface area contributed by atoms with Crippen molar-refractivity contribution in [3.8, 4) is 16.9 Å². The van der Waals surface area contributed by atoms with Crippen molar-refractivity contribution in [2.45, 2.75) is 25.5 Å². The monoisotopic (exact) mass is 365 g/mol. The molecule has 3 aromatic rings. The Bertz CT molecular complexity index is 877. The van der Waals surface area contributed by atoms with Crippen molar-refractivity contribution in [3.05, 3.63) is 72.8 Å². The van der Waals surface area contributed by atoms with Crippen LogP contribution < -0.4 is 10.5 Å². The summed E-state index contributed by atoms with van der Waals surface area (Å²) in [7, 11) is 0. The van der Waals surface area contributed by atoms with Crippen LogP contribution in [0.2, 0.25) is 0 Å². The van der Waals surface area contributed by atoms with Gasteiger partial charge in [0.05, 0.1) is 19.0 Å². The van der Waals surface area contributed by atoms with Crippen LogP contribution in [0.1, 0.15) is 23.3 Å². The SMILES string of the molecule is NC(=O)c1cn(CC(O)CCCOc2cccc(-c3ccccc3)c2)cn1. The van der Waals surface area contributed by atoms with E-state index < -0.39 is 12.0 Å². The summed E-state index contributed by atoms with van der Waals surface area (Å²) in [5.74, 6) is 0.237. The Kier molecular flexibility index (Phi) is 6.22. The minimum absolute atomic E-state index is 0.198. The molecular weight excluding hydrogens is 342 g/mol. The molecule has 0 saturated carbocycles. The number of nitrogens with zero attached hydrogens (tertiary/aromatic N) is 2. The van der Waals surface area contributed by atoms with Gasteiger partial charge >= 0.3 is 0 Å². The van der Waals surface area contributed by atoms with Crippen molar-refractivity contribution >= 4 is 5.91 Å². The fourth-order valence-corrected chi connectivity index (χ4v) is 2.83. The van der Waals surface area contributed by atoms with Gasteiger partial charge in [0.2, 0.25) is 0 Å². The molecule has 0 aliphatic rings. The first-order valence-corrected chi connectivity index (χ1v) is 8.90. The Hall–Kier alpha value is -3.12. The third kappa shape index (κ3) is 5.43. The largest absolute Gasteiger partial charge is 0.494 e. The zero-order valence-electron chi connectivity index (χ0n) is 15.0. The molecule has 1 atom stereocenters. The number of aromatic nitrogens is 2. The molecule has 3 N–H and O–H groups in total. The number of ether oxygens (including phenoxy) is 1. The van der Waals surface area contributed by atoms with E-state index in [1.807, 2.05) is 36.4 Å². The molecule has 0 saturated heterocycles. The van der Waals surface area contributed by atoms with E-state index in [0.717, 1.165) is 16.9 Å². The molecular formula is C21H23N3O3. The molecule has 6 heteroatoms. The molecule has 0 radical (unpaired) electrons. The van der Waals surface area contributed by atoms with E-state index in [1.165, 1.54) is 12.5 Å². The number of primary amides is 1. The lowest BCUT2D eigenvalue weighted by Gasteiger charge is -2.12. The van der Waals surface area contributed by atoms with Gasteiger partial charge in [-0.3, -0.25) is 4.79 Å². The van der Waals surface area contributed by atoms with Crippen molar-refractivity contribution in [2.75, 3.05) is 6.61 Å². The van der Waals surface area contributed by atoms with Crippen LogP contribution in [0.25, 0.3) is 11.1 Å². The highest BCUT2D eigenvalue weighted by atomic mass is 16.5. The minimum Gasteiger partial charge on any atom is -0.494 e. The summed E-state index contributed by atoms with van der Waals surface area (Å²) in [6, 6.07) is 18.1. The van der Waals surface area contributed by atoms with Crippen molar-refractivity contribution in [3.63, 3.8) is 0 Å². The lowest BCUT2D eigenvalue weighted by molar-refractivity contribution is 0.0995. The van der Waals surface area contributed by atoms with Crippen LogP contribution in [-0.2, 0) is 6.54 Å². The summed E-state index contributed by atoms with van der Waals surface area (Å²) in [5, 5.41) is 10.1. The molecule has 0 spiro atoms. The molecule has 1 aromatic heterocycles. The van der Waals surface area contributed by atoms with Gasteiger partial charge in [-0.05, 0) is 36.1 Å². The highest BCUT2D eigenvalue weighted by Crippen LogP contribution is 2.23. The number of amides is 1. The molecule has 2 aromatic carbocycles. The Balaban J connectivity index is 1.44. The smallest absolute Gasteiger partial charge is 0.268 e. The topological polar surface area (TPSA) is 90.4 Å². The van der Waals surface area contributed by atoms with Crippen molar-refractivity contribution in [2.24, 2.45) is 5.73 Å². The predicted octanol–water partition coefficient (Wildman–Crippen LogP) is 2.87. The summed E-state index contributed by atoms with van der Waals surface area (Å²) < 4.78 is 7.47. The number of imidazole rings is 1. The van der Waals surface area contributed by atoms with Gasteiger partial charge in [0.15, 0.2) is 0 Å². The zero-order chi connectivity index (χ0) is 19.1. The van der Waals surface area contributed by atoms with Crippen LogP contribution in [-0.4, -0.2) is 33.3 Å². The van der Waals surface area contributed by atoms with Gasteiger partial charge < -0.3 is 20.1 Å². The lowest BCUT2D eigenvalue weighted by atomic mass is 10.1.